The number of phenolic OH excluding ortho intramolecular Hbond substituents is 1. The molecule has 0 fully saturated rings. The molecule has 0 spiro atoms. The second kappa shape index (κ2) is 9.46. The van der Waals surface area contributed by atoms with E-state index in [9.17, 15) is 5.11 Å². The third-order valence-electron chi connectivity index (χ3n) is 6.28. The van der Waals surface area contributed by atoms with Crippen molar-refractivity contribution < 1.29 is 5.11 Å². The highest BCUT2D eigenvalue weighted by atomic mass is 79.9. The first kappa shape index (κ1) is 25.8. The van der Waals surface area contributed by atoms with Crippen LogP contribution in [0.5, 0.6) is 5.75 Å². The molecule has 3 aromatic carbocycles. The van der Waals surface area contributed by atoms with Crippen LogP contribution in [-0.4, -0.2) is 14.2 Å². The smallest absolute Gasteiger partial charge is 0.203 e. The standard InChI is InChI=1S/C29H35N3O.BrH/c1-28(2,3)22-16-21(17-23(26(22)33)29(4,5)6)19-32-25-15-11-10-14-24(25)31(27(32)30)18-20-12-8-7-9-13-20;/h7-17,30,33H,18-19H2,1-6H3;1H. The third-order valence-corrected chi connectivity index (χ3v) is 6.28. The van der Waals surface area contributed by atoms with E-state index in [1.807, 2.05) is 30.3 Å². The van der Waals surface area contributed by atoms with Crippen molar-refractivity contribution in [3.63, 3.8) is 0 Å². The number of para-hydroxylation sites is 2. The number of imidazole rings is 1. The average molecular weight is 523 g/mol. The molecular weight excluding hydrogens is 486 g/mol. The van der Waals surface area contributed by atoms with E-state index in [0.29, 0.717) is 24.5 Å². The maximum absolute atomic E-state index is 11.1. The second-order valence-electron chi connectivity index (χ2n) is 11.0. The van der Waals surface area contributed by atoms with E-state index in [4.69, 9.17) is 5.41 Å². The highest BCUT2D eigenvalue weighted by Gasteiger charge is 2.27. The van der Waals surface area contributed by atoms with Gasteiger partial charge in [-0.15, -0.1) is 17.0 Å². The van der Waals surface area contributed by atoms with E-state index in [1.54, 1.807) is 0 Å². The van der Waals surface area contributed by atoms with Crippen LogP contribution in [0.4, 0.5) is 0 Å². The summed E-state index contributed by atoms with van der Waals surface area (Å²) in [7, 11) is 0. The van der Waals surface area contributed by atoms with Crippen LogP contribution in [0.25, 0.3) is 11.0 Å². The normalized spacial score (nSPS) is 12.1. The Labute approximate surface area is 213 Å². The van der Waals surface area contributed by atoms with Gasteiger partial charge in [-0.2, -0.15) is 0 Å². The Morgan fingerprint density at radius 3 is 1.53 bits per heavy atom. The number of nitrogens with zero attached hydrogens (tertiary/aromatic N) is 2. The first-order valence-corrected chi connectivity index (χ1v) is 11.6. The summed E-state index contributed by atoms with van der Waals surface area (Å²) in [5.74, 6) is 0.390. The lowest BCUT2D eigenvalue weighted by molar-refractivity contribution is 0.422. The van der Waals surface area contributed by atoms with Crippen LogP contribution in [0.15, 0.2) is 66.7 Å². The topological polar surface area (TPSA) is 53.9 Å². The Balaban J connectivity index is 0.00000324. The molecule has 1 heterocycles. The van der Waals surface area contributed by atoms with Crippen molar-refractivity contribution in [1.29, 1.82) is 5.41 Å². The Hall–Kier alpha value is -2.79. The lowest BCUT2D eigenvalue weighted by Gasteiger charge is -2.28. The molecule has 0 radical (unpaired) electrons. The van der Waals surface area contributed by atoms with E-state index in [0.717, 1.165) is 27.7 Å². The van der Waals surface area contributed by atoms with Gasteiger partial charge in [-0.05, 0) is 57.3 Å². The first-order valence-electron chi connectivity index (χ1n) is 11.6. The average Bonchev–Trinajstić information content (AvgIpc) is 3.00. The fraction of sp³-hybridized carbons (Fsp3) is 0.345. The quantitative estimate of drug-likeness (QED) is 0.301. The van der Waals surface area contributed by atoms with Gasteiger partial charge >= 0.3 is 0 Å². The van der Waals surface area contributed by atoms with E-state index in [-0.39, 0.29) is 27.8 Å². The molecule has 180 valence electrons. The fourth-order valence-electron chi connectivity index (χ4n) is 4.49. The highest BCUT2D eigenvalue weighted by molar-refractivity contribution is 8.93. The molecule has 0 saturated heterocycles. The predicted octanol–water partition coefficient (Wildman–Crippen LogP) is 6.90. The number of nitrogens with one attached hydrogen (secondary N) is 1. The van der Waals surface area contributed by atoms with Crippen LogP contribution < -0.4 is 5.62 Å². The Bertz CT molecular complexity index is 1320. The number of rotatable bonds is 4. The minimum absolute atomic E-state index is 0. The Morgan fingerprint density at radius 1 is 0.676 bits per heavy atom. The van der Waals surface area contributed by atoms with Crippen LogP contribution >= 0.6 is 17.0 Å². The van der Waals surface area contributed by atoms with Gasteiger partial charge in [-0.3, -0.25) is 5.41 Å². The molecular formula is C29H36BrN3O. The maximum atomic E-state index is 11.1. The van der Waals surface area contributed by atoms with E-state index >= 15 is 0 Å². The number of hydrogen-bond acceptors (Lipinski definition) is 2. The van der Waals surface area contributed by atoms with Crippen molar-refractivity contribution in [3.05, 3.63) is 94.6 Å². The summed E-state index contributed by atoms with van der Waals surface area (Å²) in [5.41, 5.74) is 6.37. The highest BCUT2D eigenvalue weighted by Crippen LogP contribution is 2.40. The lowest BCUT2D eigenvalue weighted by atomic mass is 9.78. The molecule has 0 bridgehead atoms. The molecule has 0 saturated carbocycles. The van der Waals surface area contributed by atoms with Gasteiger partial charge in [0.25, 0.3) is 0 Å². The zero-order valence-electron chi connectivity index (χ0n) is 21.0. The van der Waals surface area contributed by atoms with Crippen molar-refractivity contribution in [3.8, 4) is 5.75 Å². The van der Waals surface area contributed by atoms with Crippen molar-refractivity contribution in [1.82, 2.24) is 9.13 Å². The van der Waals surface area contributed by atoms with Crippen LogP contribution in [0, 0.1) is 5.41 Å². The minimum Gasteiger partial charge on any atom is -0.507 e. The lowest BCUT2D eigenvalue weighted by Crippen LogP contribution is -2.26. The van der Waals surface area contributed by atoms with E-state index < -0.39 is 0 Å². The second-order valence-corrected chi connectivity index (χ2v) is 11.0. The van der Waals surface area contributed by atoms with Crippen molar-refractivity contribution in [2.45, 2.75) is 65.5 Å². The van der Waals surface area contributed by atoms with Gasteiger partial charge in [0, 0.05) is 0 Å². The molecule has 5 heteroatoms. The third kappa shape index (κ3) is 5.00. The number of aromatic nitrogens is 2. The molecule has 2 N–H and O–H groups in total. The van der Waals surface area contributed by atoms with Gasteiger partial charge < -0.3 is 14.2 Å². The molecule has 4 rings (SSSR count). The number of benzene rings is 3. The summed E-state index contributed by atoms with van der Waals surface area (Å²) in [6.07, 6.45) is 0. The van der Waals surface area contributed by atoms with Gasteiger partial charge in [0.2, 0.25) is 5.62 Å². The molecule has 1 aromatic heterocycles. The summed E-state index contributed by atoms with van der Waals surface area (Å²) in [5, 5.41) is 20.1. The fourth-order valence-corrected chi connectivity index (χ4v) is 4.49. The number of aromatic hydroxyl groups is 1. The molecule has 0 aliphatic rings. The van der Waals surface area contributed by atoms with Crippen molar-refractivity contribution in [2.75, 3.05) is 0 Å². The summed E-state index contributed by atoms with van der Waals surface area (Å²) >= 11 is 0. The van der Waals surface area contributed by atoms with Crippen LogP contribution in [0.2, 0.25) is 0 Å². The summed E-state index contributed by atoms with van der Waals surface area (Å²) in [6.45, 7) is 14.0. The zero-order valence-corrected chi connectivity index (χ0v) is 22.7. The Kier molecular flexibility index (Phi) is 7.18. The molecule has 0 aliphatic carbocycles. The summed E-state index contributed by atoms with van der Waals surface area (Å²) in [4.78, 5) is 0. The monoisotopic (exact) mass is 521 g/mol. The minimum atomic E-state index is -0.185. The predicted molar refractivity (Wildman–Crippen MR) is 146 cm³/mol. The van der Waals surface area contributed by atoms with Gasteiger partial charge in [-0.1, -0.05) is 84.0 Å². The summed E-state index contributed by atoms with van der Waals surface area (Å²) < 4.78 is 4.14. The maximum Gasteiger partial charge on any atom is 0.203 e. The van der Waals surface area contributed by atoms with Crippen molar-refractivity contribution >= 4 is 28.0 Å². The van der Waals surface area contributed by atoms with Crippen LogP contribution in [0.3, 0.4) is 0 Å². The Morgan fingerprint density at radius 2 is 1.09 bits per heavy atom. The molecule has 0 atom stereocenters. The number of hydrogen-bond donors (Lipinski definition) is 2. The van der Waals surface area contributed by atoms with Crippen LogP contribution in [0.1, 0.15) is 63.8 Å². The van der Waals surface area contributed by atoms with Crippen LogP contribution in [-0.2, 0) is 23.9 Å². The van der Waals surface area contributed by atoms with Gasteiger partial charge in [0.1, 0.15) is 5.75 Å². The van der Waals surface area contributed by atoms with Gasteiger partial charge in [-0.25, -0.2) is 0 Å². The molecule has 0 aliphatic heterocycles. The molecule has 0 amide bonds. The van der Waals surface area contributed by atoms with Gasteiger partial charge in [0.15, 0.2) is 0 Å². The molecule has 34 heavy (non-hydrogen) atoms. The number of fused-ring (bicyclic) bond motifs is 1. The SMILES string of the molecule is Br.CC(C)(C)c1cc(Cn2c(=N)n(Cc3ccccc3)c3ccccc32)cc(C(C)(C)C)c1O. The van der Waals surface area contributed by atoms with Crippen molar-refractivity contribution in [2.24, 2.45) is 0 Å². The molecule has 4 nitrogen and oxygen atoms in total. The van der Waals surface area contributed by atoms with E-state index in [2.05, 4.69) is 87.1 Å². The zero-order chi connectivity index (χ0) is 24.0. The van der Waals surface area contributed by atoms with E-state index in [1.165, 1.54) is 5.56 Å². The molecule has 4 aromatic rings. The first-order chi connectivity index (χ1) is 15.5. The van der Waals surface area contributed by atoms with Gasteiger partial charge in [0.05, 0.1) is 24.1 Å². The largest absolute Gasteiger partial charge is 0.507 e. The molecule has 0 unspecified atom stereocenters. The summed E-state index contributed by atoms with van der Waals surface area (Å²) in [6, 6.07) is 22.8. The number of phenols is 1. The number of halogens is 1.